The Morgan fingerprint density at radius 2 is 1.56 bits per heavy atom. The molecule has 0 saturated heterocycles. The molecule has 0 aromatic rings. The molecule has 0 aliphatic carbocycles. The van der Waals surface area contributed by atoms with Gasteiger partial charge >= 0.3 is 0 Å². The summed E-state index contributed by atoms with van der Waals surface area (Å²) < 4.78 is 0. The minimum Gasteiger partial charge on any atom is -0.315 e. The number of likely N-dealkylation sites (N-methyl/N-ethyl adjacent to an activating group) is 1. The quantitative estimate of drug-likeness (QED) is 0.544. The number of hydrogen-bond acceptors (Lipinski definition) is 3. The van der Waals surface area contributed by atoms with Gasteiger partial charge in [0.15, 0.2) is 0 Å². The van der Waals surface area contributed by atoms with Crippen LogP contribution in [-0.4, -0.2) is 62.7 Å². The molecule has 0 aromatic heterocycles. The summed E-state index contributed by atoms with van der Waals surface area (Å²) in [6.45, 7) is 14.9. The summed E-state index contributed by atoms with van der Waals surface area (Å²) in [6.07, 6.45) is 2.51. The summed E-state index contributed by atoms with van der Waals surface area (Å²) in [5, 5.41) is 3.44. The predicted octanol–water partition coefficient (Wildman–Crippen LogP) is 1.65. The van der Waals surface area contributed by atoms with Gasteiger partial charge < -0.3 is 15.1 Å². The van der Waals surface area contributed by atoms with Gasteiger partial charge in [0.1, 0.15) is 0 Å². The van der Waals surface area contributed by atoms with Gasteiger partial charge in [-0.1, -0.05) is 20.8 Å². The largest absolute Gasteiger partial charge is 0.315 e. The van der Waals surface area contributed by atoms with E-state index in [1.54, 1.807) is 0 Å². The molecule has 0 aliphatic heterocycles. The fourth-order valence-electron chi connectivity index (χ4n) is 1.79. The second-order valence-electron chi connectivity index (χ2n) is 4.43. The Bertz CT molecular complexity index is 135. The fourth-order valence-corrected chi connectivity index (χ4v) is 1.79. The second-order valence-corrected chi connectivity index (χ2v) is 4.43. The minimum atomic E-state index is 1.12. The van der Waals surface area contributed by atoms with E-state index in [4.69, 9.17) is 0 Å². The number of nitrogens with one attached hydrogen (secondary N) is 1. The molecule has 0 unspecified atom stereocenters. The van der Waals surface area contributed by atoms with E-state index in [9.17, 15) is 0 Å². The molecule has 0 radical (unpaired) electrons. The molecule has 0 saturated carbocycles. The maximum Gasteiger partial charge on any atom is 0.0104 e. The Kier molecular flexibility index (Phi) is 11.3. The molecule has 0 heterocycles. The molecular weight excluding hydrogens is 198 g/mol. The minimum absolute atomic E-state index is 1.12. The maximum atomic E-state index is 3.44. The van der Waals surface area contributed by atoms with Crippen LogP contribution in [0.15, 0.2) is 0 Å². The molecule has 0 rings (SSSR count). The molecular formula is C13H31N3. The van der Waals surface area contributed by atoms with Crippen LogP contribution < -0.4 is 5.32 Å². The van der Waals surface area contributed by atoms with Gasteiger partial charge in [-0.15, -0.1) is 0 Å². The van der Waals surface area contributed by atoms with Crippen molar-refractivity contribution in [2.45, 2.75) is 33.6 Å². The first kappa shape index (κ1) is 15.9. The summed E-state index contributed by atoms with van der Waals surface area (Å²) in [5.41, 5.74) is 0. The molecule has 0 spiro atoms. The van der Waals surface area contributed by atoms with Gasteiger partial charge in [0.2, 0.25) is 0 Å². The highest BCUT2D eigenvalue weighted by Gasteiger charge is 2.01. The molecule has 0 amide bonds. The van der Waals surface area contributed by atoms with Crippen molar-refractivity contribution in [3.05, 3.63) is 0 Å². The van der Waals surface area contributed by atoms with Gasteiger partial charge in [0.25, 0.3) is 0 Å². The Morgan fingerprint density at radius 1 is 0.875 bits per heavy atom. The molecule has 0 aliphatic rings. The third kappa shape index (κ3) is 9.13. The van der Waals surface area contributed by atoms with Crippen molar-refractivity contribution in [2.24, 2.45) is 0 Å². The van der Waals surface area contributed by atoms with E-state index in [1.807, 2.05) is 0 Å². The highest BCUT2D eigenvalue weighted by atomic mass is 15.1. The van der Waals surface area contributed by atoms with Crippen molar-refractivity contribution >= 4 is 0 Å². The standard InChI is InChI=1S/C13H31N3/c1-5-9-14-10-13-15(4)11-8-12-16(6-2)7-3/h14H,5-13H2,1-4H3. The Hall–Kier alpha value is -0.120. The SMILES string of the molecule is CCCNCCN(C)CCCN(CC)CC. The summed E-state index contributed by atoms with van der Waals surface area (Å²) in [7, 11) is 2.22. The van der Waals surface area contributed by atoms with Gasteiger partial charge in [-0.2, -0.15) is 0 Å². The van der Waals surface area contributed by atoms with Gasteiger partial charge in [-0.3, -0.25) is 0 Å². The maximum absolute atomic E-state index is 3.44. The Labute approximate surface area is 102 Å². The van der Waals surface area contributed by atoms with Gasteiger partial charge in [0.05, 0.1) is 0 Å². The van der Waals surface area contributed by atoms with E-state index in [0.717, 1.165) is 19.6 Å². The van der Waals surface area contributed by atoms with Crippen LogP contribution in [0.1, 0.15) is 33.6 Å². The van der Waals surface area contributed by atoms with Gasteiger partial charge in [-0.05, 0) is 52.6 Å². The number of hydrogen-bond donors (Lipinski definition) is 1. The molecule has 0 aromatic carbocycles. The lowest BCUT2D eigenvalue weighted by Gasteiger charge is -2.21. The lowest BCUT2D eigenvalue weighted by atomic mass is 10.3. The first-order valence-corrected chi connectivity index (χ1v) is 6.86. The highest BCUT2D eigenvalue weighted by molar-refractivity contribution is 4.58. The summed E-state index contributed by atoms with van der Waals surface area (Å²) in [6, 6.07) is 0. The van der Waals surface area contributed by atoms with Crippen LogP contribution in [0.5, 0.6) is 0 Å². The van der Waals surface area contributed by atoms with Crippen molar-refractivity contribution < 1.29 is 0 Å². The zero-order chi connectivity index (χ0) is 12.2. The zero-order valence-electron chi connectivity index (χ0n) is 11.8. The van der Waals surface area contributed by atoms with E-state index < -0.39 is 0 Å². The van der Waals surface area contributed by atoms with Crippen molar-refractivity contribution in [3.63, 3.8) is 0 Å². The number of nitrogens with zero attached hydrogens (tertiary/aromatic N) is 2. The number of rotatable bonds is 11. The van der Waals surface area contributed by atoms with Crippen LogP contribution >= 0.6 is 0 Å². The smallest absolute Gasteiger partial charge is 0.0104 e. The first-order chi connectivity index (χ1) is 7.74. The zero-order valence-corrected chi connectivity index (χ0v) is 11.8. The first-order valence-electron chi connectivity index (χ1n) is 6.86. The van der Waals surface area contributed by atoms with E-state index in [0.29, 0.717) is 0 Å². The molecule has 3 nitrogen and oxygen atoms in total. The van der Waals surface area contributed by atoms with Crippen molar-refractivity contribution in [3.8, 4) is 0 Å². The fraction of sp³-hybridized carbons (Fsp3) is 1.00. The van der Waals surface area contributed by atoms with Crippen LogP contribution in [0, 0.1) is 0 Å². The third-order valence-corrected chi connectivity index (χ3v) is 3.01. The van der Waals surface area contributed by atoms with Gasteiger partial charge in [-0.25, -0.2) is 0 Å². The lowest BCUT2D eigenvalue weighted by molar-refractivity contribution is 0.262. The molecule has 0 fully saturated rings. The van der Waals surface area contributed by atoms with E-state index >= 15 is 0 Å². The van der Waals surface area contributed by atoms with Crippen LogP contribution in [0.25, 0.3) is 0 Å². The third-order valence-electron chi connectivity index (χ3n) is 3.01. The highest BCUT2D eigenvalue weighted by Crippen LogP contribution is 1.92. The summed E-state index contributed by atoms with van der Waals surface area (Å²) >= 11 is 0. The predicted molar refractivity (Wildman–Crippen MR) is 73.1 cm³/mol. The average Bonchev–Trinajstić information content (AvgIpc) is 2.30. The van der Waals surface area contributed by atoms with Crippen LogP contribution in [-0.2, 0) is 0 Å². The van der Waals surface area contributed by atoms with Crippen molar-refractivity contribution in [2.75, 3.05) is 52.9 Å². The van der Waals surface area contributed by atoms with Crippen LogP contribution in [0.4, 0.5) is 0 Å². The van der Waals surface area contributed by atoms with E-state index in [1.165, 1.54) is 39.0 Å². The van der Waals surface area contributed by atoms with E-state index in [-0.39, 0.29) is 0 Å². The van der Waals surface area contributed by atoms with E-state index in [2.05, 4.69) is 42.9 Å². The Morgan fingerprint density at radius 3 is 2.12 bits per heavy atom. The summed E-state index contributed by atoms with van der Waals surface area (Å²) in [4.78, 5) is 4.91. The molecule has 1 N–H and O–H groups in total. The Balaban J connectivity index is 3.32. The topological polar surface area (TPSA) is 18.5 Å². The van der Waals surface area contributed by atoms with Crippen molar-refractivity contribution in [1.29, 1.82) is 0 Å². The molecule has 16 heavy (non-hydrogen) atoms. The lowest BCUT2D eigenvalue weighted by Crippen LogP contribution is -2.32. The molecule has 98 valence electrons. The van der Waals surface area contributed by atoms with Crippen LogP contribution in [0.3, 0.4) is 0 Å². The molecule has 0 atom stereocenters. The second kappa shape index (κ2) is 11.4. The molecule has 3 heteroatoms. The summed E-state index contributed by atoms with van der Waals surface area (Å²) in [5.74, 6) is 0. The monoisotopic (exact) mass is 229 g/mol. The normalized spacial score (nSPS) is 11.6. The van der Waals surface area contributed by atoms with Crippen LogP contribution in [0.2, 0.25) is 0 Å². The van der Waals surface area contributed by atoms with Crippen molar-refractivity contribution in [1.82, 2.24) is 15.1 Å². The van der Waals surface area contributed by atoms with Gasteiger partial charge in [0, 0.05) is 13.1 Å². The average molecular weight is 229 g/mol. The molecule has 0 bridgehead atoms.